The number of rotatable bonds is 1. The number of Topliss-reactive ketones (excluding diaryl/α,β-unsaturated/α-hetero) is 1. The first-order valence-corrected chi connectivity index (χ1v) is 7.50. The number of piperidine rings is 1. The van der Waals surface area contributed by atoms with Crippen LogP contribution in [0.25, 0.3) is 10.1 Å². The van der Waals surface area contributed by atoms with Gasteiger partial charge in [0.05, 0.1) is 0 Å². The molecule has 2 heterocycles. The van der Waals surface area contributed by atoms with E-state index in [9.17, 15) is 4.79 Å². The maximum atomic E-state index is 12.2. The number of ketones is 1. The molecule has 3 rings (SSSR count). The number of hydrogen-bond acceptors (Lipinski definition) is 3. The van der Waals surface area contributed by atoms with E-state index in [2.05, 4.69) is 16.9 Å². The van der Waals surface area contributed by atoms with Crippen molar-refractivity contribution in [1.29, 1.82) is 0 Å². The number of thiophene rings is 1. The third kappa shape index (κ3) is 2.64. The summed E-state index contributed by atoms with van der Waals surface area (Å²) in [4.78, 5) is 14.2. The monoisotopic (exact) mass is 269 g/mol. The van der Waals surface area contributed by atoms with E-state index in [-0.39, 0.29) is 5.78 Å². The minimum absolute atomic E-state index is 0.0666. The molecule has 0 atom stereocenters. The molecule has 0 unspecified atom stereocenters. The van der Waals surface area contributed by atoms with Crippen molar-refractivity contribution in [2.24, 2.45) is 0 Å². The highest BCUT2D eigenvalue weighted by Gasteiger charge is 2.10. The van der Waals surface area contributed by atoms with Crippen LogP contribution < -0.4 is 0 Å². The molecule has 1 saturated heterocycles. The predicted octanol–water partition coefficient (Wildman–Crippen LogP) is 3.53. The van der Waals surface area contributed by atoms with E-state index in [4.69, 9.17) is 0 Å². The maximum Gasteiger partial charge on any atom is 0.239 e. The molecule has 1 aromatic heterocycles. The molecule has 0 N–H and O–H groups in total. The molecule has 0 radical (unpaired) electrons. The van der Waals surface area contributed by atoms with Crippen molar-refractivity contribution in [3.8, 4) is 12.0 Å². The van der Waals surface area contributed by atoms with Gasteiger partial charge in [-0.15, -0.1) is 11.3 Å². The lowest BCUT2D eigenvalue weighted by Crippen LogP contribution is -2.24. The van der Waals surface area contributed by atoms with E-state index in [0.717, 1.165) is 28.7 Å². The lowest BCUT2D eigenvalue weighted by molar-refractivity contribution is 0.105. The Hall–Kier alpha value is -1.79. The third-order valence-corrected chi connectivity index (χ3v) is 4.37. The smallest absolute Gasteiger partial charge is 0.239 e. The van der Waals surface area contributed by atoms with Gasteiger partial charge in [-0.3, -0.25) is 4.79 Å². The molecule has 0 amide bonds. The van der Waals surface area contributed by atoms with Gasteiger partial charge in [0.15, 0.2) is 0 Å². The van der Waals surface area contributed by atoms with Crippen LogP contribution in [0.1, 0.15) is 29.6 Å². The highest BCUT2D eigenvalue weighted by atomic mass is 32.1. The predicted molar refractivity (Wildman–Crippen MR) is 79.4 cm³/mol. The largest absolute Gasteiger partial charge is 0.332 e. The number of fused-ring (bicyclic) bond motifs is 1. The van der Waals surface area contributed by atoms with Crippen molar-refractivity contribution in [2.75, 3.05) is 13.1 Å². The Morgan fingerprint density at radius 1 is 1.16 bits per heavy atom. The van der Waals surface area contributed by atoms with Gasteiger partial charge in [-0.25, -0.2) is 0 Å². The standard InChI is InChI=1S/C16H15NOS/c18-15(8-11-17-9-4-1-5-10-17)14-12-19-16-7-3-2-6-13(14)16/h2-3,6-7,12H,1,4-5,9-10H2. The van der Waals surface area contributed by atoms with Crippen LogP contribution in [0.3, 0.4) is 0 Å². The van der Waals surface area contributed by atoms with Crippen molar-refractivity contribution >= 4 is 27.2 Å². The summed E-state index contributed by atoms with van der Waals surface area (Å²) >= 11 is 1.60. The van der Waals surface area contributed by atoms with Crippen LogP contribution in [-0.4, -0.2) is 23.8 Å². The first kappa shape index (κ1) is 12.3. The quantitative estimate of drug-likeness (QED) is 0.583. The van der Waals surface area contributed by atoms with Gasteiger partial charge >= 0.3 is 0 Å². The Labute approximate surface area is 117 Å². The SMILES string of the molecule is O=C(C#CN1CCCCC1)c1csc2ccccc12. The minimum Gasteiger partial charge on any atom is -0.332 e. The molecule has 1 aliphatic heterocycles. The normalized spacial score (nSPS) is 15.1. The summed E-state index contributed by atoms with van der Waals surface area (Å²) in [5.74, 6) is 2.72. The molecule has 1 fully saturated rings. The topological polar surface area (TPSA) is 20.3 Å². The summed E-state index contributed by atoms with van der Waals surface area (Å²) in [6, 6.07) is 11.0. The molecular formula is C16H15NOS. The summed E-state index contributed by atoms with van der Waals surface area (Å²) in [6.45, 7) is 1.98. The second-order valence-corrected chi connectivity index (χ2v) is 5.67. The van der Waals surface area contributed by atoms with Crippen molar-refractivity contribution in [3.05, 3.63) is 35.2 Å². The number of benzene rings is 1. The van der Waals surface area contributed by atoms with Crippen LogP contribution in [0.15, 0.2) is 29.6 Å². The fourth-order valence-corrected chi connectivity index (χ4v) is 3.30. The van der Waals surface area contributed by atoms with Crippen LogP contribution in [0.5, 0.6) is 0 Å². The van der Waals surface area contributed by atoms with Gasteiger partial charge in [0.25, 0.3) is 0 Å². The van der Waals surface area contributed by atoms with E-state index in [1.807, 2.05) is 29.6 Å². The highest BCUT2D eigenvalue weighted by molar-refractivity contribution is 7.17. The number of hydrogen-bond donors (Lipinski definition) is 0. The Bertz CT molecular complexity index is 656. The number of carbonyl (C=O) groups is 1. The second-order valence-electron chi connectivity index (χ2n) is 4.76. The molecule has 0 bridgehead atoms. The lowest BCUT2D eigenvalue weighted by Gasteiger charge is -2.21. The molecule has 0 spiro atoms. The van der Waals surface area contributed by atoms with E-state index >= 15 is 0 Å². The maximum absolute atomic E-state index is 12.2. The average Bonchev–Trinajstić information content (AvgIpc) is 2.90. The number of carbonyl (C=O) groups excluding carboxylic acids is 1. The first-order chi connectivity index (χ1) is 9.34. The van der Waals surface area contributed by atoms with Gasteiger partial charge in [-0.05, 0) is 31.2 Å². The Kier molecular flexibility index (Phi) is 3.52. The Morgan fingerprint density at radius 2 is 1.95 bits per heavy atom. The van der Waals surface area contributed by atoms with Gasteiger partial charge in [-0.2, -0.15) is 0 Å². The molecule has 96 valence electrons. The lowest BCUT2D eigenvalue weighted by atomic mass is 10.1. The molecular weight excluding hydrogens is 254 g/mol. The number of likely N-dealkylation sites (tertiary alicyclic amines) is 1. The van der Waals surface area contributed by atoms with Gasteiger partial charge in [-0.1, -0.05) is 18.2 Å². The minimum atomic E-state index is -0.0666. The summed E-state index contributed by atoms with van der Waals surface area (Å²) in [5, 5.41) is 2.93. The Balaban J connectivity index is 1.82. The van der Waals surface area contributed by atoms with Crippen LogP contribution in [0.2, 0.25) is 0 Å². The van der Waals surface area contributed by atoms with Gasteiger partial charge in [0.2, 0.25) is 5.78 Å². The summed E-state index contributed by atoms with van der Waals surface area (Å²) < 4.78 is 1.14. The molecule has 2 nitrogen and oxygen atoms in total. The molecule has 0 aliphatic carbocycles. The van der Waals surface area contributed by atoms with Gasteiger partial charge < -0.3 is 4.90 Å². The molecule has 19 heavy (non-hydrogen) atoms. The van der Waals surface area contributed by atoms with E-state index in [0.29, 0.717) is 0 Å². The van der Waals surface area contributed by atoms with Crippen LogP contribution in [0.4, 0.5) is 0 Å². The van der Waals surface area contributed by atoms with Gasteiger partial charge in [0.1, 0.15) is 0 Å². The van der Waals surface area contributed by atoms with Crippen LogP contribution in [0, 0.1) is 12.0 Å². The van der Waals surface area contributed by atoms with Crippen molar-refractivity contribution < 1.29 is 4.79 Å². The van der Waals surface area contributed by atoms with E-state index < -0.39 is 0 Å². The molecule has 1 aromatic carbocycles. The van der Waals surface area contributed by atoms with Crippen LogP contribution in [-0.2, 0) is 0 Å². The summed E-state index contributed by atoms with van der Waals surface area (Å²) in [6.07, 6.45) is 3.65. The summed E-state index contributed by atoms with van der Waals surface area (Å²) in [5.41, 5.74) is 0.741. The van der Waals surface area contributed by atoms with Crippen LogP contribution >= 0.6 is 11.3 Å². The van der Waals surface area contributed by atoms with Gasteiger partial charge in [0, 0.05) is 40.2 Å². The zero-order valence-corrected chi connectivity index (χ0v) is 11.5. The number of nitrogens with zero attached hydrogens (tertiary/aromatic N) is 1. The third-order valence-electron chi connectivity index (χ3n) is 3.41. The second kappa shape index (κ2) is 5.46. The first-order valence-electron chi connectivity index (χ1n) is 6.62. The fourth-order valence-electron chi connectivity index (χ4n) is 2.36. The van der Waals surface area contributed by atoms with E-state index in [1.165, 1.54) is 19.3 Å². The Morgan fingerprint density at radius 3 is 2.79 bits per heavy atom. The highest BCUT2D eigenvalue weighted by Crippen LogP contribution is 2.25. The molecule has 3 heteroatoms. The average molecular weight is 269 g/mol. The zero-order valence-electron chi connectivity index (χ0n) is 10.7. The van der Waals surface area contributed by atoms with E-state index in [1.54, 1.807) is 11.3 Å². The fraction of sp³-hybridized carbons (Fsp3) is 0.312. The molecule has 2 aromatic rings. The van der Waals surface area contributed by atoms with Crippen molar-refractivity contribution in [1.82, 2.24) is 4.90 Å². The molecule has 0 saturated carbocycles. The zero-order chi connectivity index (χ0) is 13.1. The van der Waals surface area contributed by atoms with Crippen molar-refractivity contribution in [3.63, 3.8) is 0 Å². The summed E-state index contributed by atoms with van der Waals surface area (Å²) in [7, 11) is 0. The van der Waals surface area contributed by atoms with Crippen molar-refractivity contribution in [2.45, 2.75) is 19.3 Å². The molecule has 1 aliphatic rings.